The molecule has 0 saturated carbocycles. The molecule has 0 unspecified atom stereocenters. The summed E-state index contributed by atoms with van der Waals surface area (Å²) >= 11 is 0. The molecule has 6 aromatic rings. The van der Waals surface area contributed by atoms with Crippen LogP contribution in [-0.2, 0) is 0 Å². The Balaban J connectivity index is 1.26. The summed E-state index contributed by atoms with van der Waals surface area (Å²) in [6.45, 7) is 8.36. The molecule has 6 aromatic carbocycles. The predicted octanol–water partition coefficient (Wildman–Crippen LogP) is 13.3. The van der Waals surface area contributed by atoms with Crippen LogP contribution in [0, 0.1) is 0 Å². The number of benzene rings is 6. The summed E-state index contributed by atoms with van der Waals surface area (Å²) in [4.78, 5) is 0. The number of nitrogens with zero attached hydrogens (tertiary/aromatic N) is 1. The Kier molecular flexibility index (Phi) is 8.69. The van der Waals surface area contributed by atoms with Crippen molar-refractivity contribution in [1.82, 2.24) is 4.58 Å². The van der Waals surface area contributed by atoms with Gasteiger partial charge in [0.2, 0.25) is 11.4 Å². The van der Waals surface area contributed by atoms with Gasteiger partial charge in [0.05, 0.1) is 16.5 Å². The van der Waals surface area contributed by atoms with Crippen molar-refractivity contribution in [3.63, 3.8) is 0 Å². The average Bonchev–Trinajstić information content (AvgIpc) is 3.46. The summed E-state index contributed by atoms with van der Waals surface area (Å²) in [6, 6.07) is 42.5. The summed E-state index contributed by atoms with van der Waals surface area (Å²) < 4.78 is 2.37. The molecule has 0 spiro atoms. The minimum Gasteiger partial charge on any atom is -0.159 e. The third-order valence-electron chi connectivity index (χ3n) is 9.41. The molecular weight excluding hydrogens is 579 g/mol. The smallest absolute Gasteiger partial charge is 0.159 e. The van der Waals surface area contributed by atoms with Crippen molar-refractivity contribution >= 4 is 45.2 Å². The molecule has 0 bridgehead atoms. The van der Waals surface area contributed by atoms with Crippen LogP contribution < -0.4 is 4.58 Å². The van der Waals surface area contributed by atoms with E-state index in [0.717, 1.165) is 0 Å². The average molecular weight is 619 g/mol. The topological polar surface area (TPSA) is 3.01 Å². The largest absolute Gasteiger partial charge is 0.227 e. The molecule has 0 aliphatic carbocycles. The molecule has 48 heavy (non-hydrogen) atoms. The molecule has 0 aromatic heterocycles. The van der Waals surface area contributed by atoms with E-state index in [0.29, 0.717) is 0 Å². The summed E-state index contributed by atoms with van der Waals surface area (Å²) in [6.07, 6.45) is 19.2. The molecule has 0 fully saturated rings. The van der Waals surface area contributed by atoms with Crippen molar-refractivity contribution in [2.75, 3.05) is 0 Å². The quantitative estimate of drug-likeness (QED) is 0.123. The summed E-state index contributed by atoms with van der Waals surface area (Å²) in [7, 11) is 0. The zero-order chi connectivity index (χ0) is 33.0. The molecule has 1 nitrogen and oxygen atoms in total. The van der Waals surface area contributed by atoms with E-state index in [1.807, 2.05) is 6.92 Å². The maximum atomic E-state index is 2.37. The SMILES string of the molecule is C/C=C\C=C/C=[N+]1c2cc(-c3ccc4ccccc4c3)ccc2-c2ccc3cc(-c4ccc(\C=C/C(=C\C)C(/C)=C/C)cc4)ccc3c21. The van der Waals surface area contributed by atoms with Crippen molar-refractivity contribution in [1.29, 1.82) is 0 Å². The van der Waals surface area contributed by atoms with E-state index in [1.54, 1.807) is 0 Å². The first kappa shape index (κ1) is 30.8. The fourth-order valence-electron chi connectivity index (χ4n) is 6.66. The highest BCUT2D eigenvalue weighted by Gasteiger charge is 2.33. The van der Waals surface area contributed by atoms with Crippen molar-refractivity contribution in [2.45, 2.75) is 27.7 Å². The first-order valence-corrected chi connectivity index (χ1v) is 16.8. The van der Waals surface area contributed by atoms with Gasteiger partial charge in [0.25, 0.3) is 0 Å². The molecule has 1 heteroatoms. The van der Waals surface area contributed by atoms with Crippen LogP contribution in [0.5, 0.6) is 0 Å². The molecular formula is C47H40N+. The Bertz CT molecular complexity index is 2350. The van der Waals surface area contributed by atoms with Gasteiger partial charge >= 0.3 is 0 Å². The summed E-state index contributed by atoms with van der Waals surface area (Å²) in [5.41, 5.74) is 13.5. The van der Waals surface area contributed by atoms with Crippen molar-refractivity contribution in [3.8, 4) is 33.4 Å². The van der Waals surface area contributed by atoms with E-state index in [4.69, 9.17) is 0 Å². The lowest BCUT2D eigenvalue weighted by Gasteiger charge is -2.07. The van der Waals surface area contributed by atoms with Crippen molar-refractivity contribution in [3.05, 3.63) is 175 Å². The van der Waals surface area contributed by atoms with Crippen LogP contribution in [0.4, 0.5) is 11.4 Å². The van der Waals surface area contributed by atoms with Crippen LogP contribution in [0.15, 0.2) is 169 Å². The molecule has 0 atom stereocenters. The lowest BCUT2D eigenvalue weighted by molar-refractivity contribution is 1.15. The number of allylic oxidation sites excluding steroid dienone is 9. The van der Waals surface area contributed by atoms with E-state index in [-0.39, 0.29) is 0 Å². The highest BCUT2D eigenvalue weighted by Crippen LogP contribution is 2.49. The molecule has 0 amide bonds. The normalized spacial score (nSPS) is 14.3. The molecule has 1 aliphatic rings. The van der Waals surface area contributed by atoms with Crippen LogP contribution >= 0.6 is 0 Å². The van der Waals surface area contributed by atoms with Gasteiger partial charge in [0.1, 0.15) is 0 Å². The summed E-state index contributed by atoms with van der Waals surface area (Å²) in [5, 5.41) is 4.99. The number of fused-ring (bicyclic) bond motifs is 6. The minimum absolute atomic E-state index is 1.19. The standard InChI is InChI=1S/C47H40N/c1-5-8-9-12-29-48-46-32-41(40-22-21-36-13-10-11-14-38(36)30-40)24-27-44(46)45-28-25-42-31-39(23-26-43(42)47(45)48)37-19-16-34(17-20-37)15-18-35(7-3)33(4)6-2/h5-32H,1-4H3/q+1/b8-5-,12-9-,18-15-,33-6+,35-7+,48-29?. The van der Waals surface area contributed by atoms with Crippen LogP contribution in [-0.4, -0.2) is 6.21 Å². The third-order valence-corrected chi connectivity index (χ3v) is 9.41. The van der Waals surface area contributed by atoms with E-state index < -0.39 is 0 Å². The van der Waals surface area contributed by atoms with Crippen molar-refractivity contribution in [2.24, 2.45) is 0 Å². The number of hydrogen-bond donors (Lipinski definition) is 0. The zero-order valence-corrected chi connectivity index (χ0v) is 28.1. The minimum atomic E-state index is 1.19. The van der Waals surface area contributed by atoms with Crippen LogP contribution in [0.3, 0.4) is 0 Å². The Labute approximate surface area is 284 Å². The summed E-state index contributed by atoms with van der Waals surface area (Å²) in [5.74, 6) is 0. The molecule has 1 heterocycles. The first-order valence-electron chi connectivity index (χ1n) is 16.8. The van der Waals surface area contributed by atoms with Crippen LogP contribution in [0.25, 0.3) is 61.0 Å². The van der Waals surface area contributed by atoms with Gasteiger partial charge in [-0.15, -0.1) is 0 Å². The van der Waals surface area contributed by atoms with Crippen LogP contribution in [0.2, 0.25) is 0 Å². The van der Waals surface area contributed by atoms with Crippen molar-refractivity contribution < 1.29 is 0 Å². The van der Waals surface area contributed by atoms with E-state index in [1.165, 1.54) is 83.0 Å². The molecule has 7 rings (SSSR count). The molecule has 0 radical (unpaired) electrons. The third kappa shape index (κ3) is 5.92. The van der Waals surface area contributed by atoms with E-state index in [9.17, 15) is 0 Å². The fraction of sp³-hybridized carbons (Fsp3) is 0.0851. The van der Waals surface area contributed by atoms with Gasteiger partial charge < -0.3 is 0 Å². The van der Waals surface area contributed by atoms with E-state index in [2.05, 4.69) is 195 Å². The van der Waals surface area contributed by atoms with Gasteiger partial charge in [-0.05, 0) is 113 Å². The Morgan fingerprint density at radius 2 is 1.23 bits per heavy atom. The second-order valence-electron chi connectivity index (χ2n) is 12.3. The molecule has 232 valence electrons. The Morgan fingerprint density at radius 1 is 0.562 bits per heavy atom. The molecule has 1 aliphatic heterocycles. The maximum Gasteiger partial charge on any atom is 0.227 e. The monoisotopic (exact) mass is 618 g/mol. The highest BCUT2D eigenvalue weighted by molar-refractivity contribution is 6.10. The lowest BCUT2D eigenvalue weighted by atomic mass is 9.95. The fourth-order valence-corrected chi connectivity index (χ4v) is 6.66. The molecule has 0 saturated heterocycles. The number of rotatable bonds is 7. The zero-order valence-electron chi connectivity index (χ0n) is 28.1. The number of hydrogen-bond acceptors (Lipinski definition) is 0. The van der Waals surface area contributed by atoms with Gasteiger partial charge in [0, 0.05) is 12.1 Å². The second-order valence-corrected chi connectivity index (χ2v) is 12.3. The lowest BCUT2D eigenvalue weighted by Crippen LogP contribution is -2.01. The Hall–Kier alpha value is -5.79. The van der Waals surface area contributed by atoms with Crippen LogP contribution in [0.1, 0.15) is 33.3 Å². The van der Waals surface area contributed by atoms with Gasteiger partial charge in [-0.1, -0.05) is 121 Å². The van der Waals surface area contributed by atoms with Gasteiger partial charge in [-0.25, -0.2) is 0 Å². The predicted molar refractivity (Wildman–Crippen MR) is 211 cm³/mol. The van der Waals surface area contributed by atoms with Gasteiger partial charge in [-0.2, -0.15) is 4.58 Å². The second kappa shape index (κ2) is 13.5. The molecule has 0 N–H and O–H groups in total. The highest BCUT2D eigenvalue weighted by atomic mass is 15.0. The first-order chi connectivity index (χ1) is 23.6. The maximum absolute atomic E-state index is 2.37. The Morgan fingerprint density at radius 3 is 2.02 bits per heavy atom. The van der Waals surface area contributed by atoms with Gasteiger partial charge in [0.15, 0.2) is 6.21 Å². The van der Waals surface area contributed by atoms with E-state index >= 15 is 0 Å². The van der Waals surface area contributed by atoms with Gasteiger partial charge in [-0.3, -0.25) is 0 Å².